The Morgan fingerprint density at radius 1 is 1.43 bits per heavy atom. The predicted molar refractivity (Wildman–Crippen MR) is 54.2 cm³/mol. The van der Waals surface area contributed by atoms with Gasteiger partial charge in [0.05, 0.1) is 5.52 Å². The van der Waals surface area contributed by atoms with Crippen LogP contribution in [0.4, 0.5) is 0 Å². The Morgan fingerprint density at radius 3 is 3.07 bits per heavy atom. The van der Waals surface area contributed by atoms with Crippen LogP contribution in [0.2, 0.25) is 0 Å². The molecule has 0 radical (unpaired) electrons. The van der Waals surface area contributed by atoms with E-state index in [1.54, 1.807) is 12.1 Å². The maximum Gasteiger partial charge on any atom is 0.116 e. The van der Waals surface area contributed by atoms with Crippen molar-refractivity contribution >= 4 is 10.9 Å². The lowest BCUT2D eigenvalue weighted by Gasteiger charge is -1.96. The number of phenols is 1. The Hall–Kier alpha value is -1.51. The van der Waals surface area contributed by atoms with Gasteiger partial charge in [0.25, 0.3) is 0 Å². The maximum absolute atomic E-state index is 9.38. The van der Waals surface area contributed by atoms with Crippen LogP contribution in [0.25, 0.3) is 10.9 Å². The maximum atomic E-state index is 9.38. The van der Waals surface area contributed by atoms with E-state index in [1.807, 2.05) is 6.07 Å². The highest BCUT2D eigenvalue weighted by Gasteiger charge is 2.23. The minimum Gasteiger partial charge on any atom is -0.508 e. The van der Waals surface area contributed by atoms with Crippen molar-refractivity contribution in [2.45, 2.75) is 19.3 Å². The summed E-state index contributed by atoms with van der Waals surface area (Å²) in [4.78, 5) is 0. The second kappa shape index (κ2) is 2.74. The first-order valence-electron chi connectivity index (χ1n) is 4.99. The number of fused-ring (bicyclic) bond motifs is 1. The van der Waals surface area contributed by atoms with Gasteiger partial charge in [0, 0.05) is 11.1 Å². The summed E-state index contributed by atoms with van der Waals surface area (Å²) >= 11 is 0. The third-order valence-corrected chi connectivity index (χ3v) is 2.81. The summed E-state index contributed by atoms with van der Waals surface area (Å²) in [5.41, 5.74) is 2.11. The Morgan fingerprint density at radius 2 is 2.29 bits per heavy atom. The number of hydrogen-bond donors (Lipinski definition) is 2. The van der Waals surface area contributed by atoms with Crippen LogP contribution in [-0.4, -0.2) is 15.3 Å². The van der Waals surface area contributed by atoms with Gasteiger partial charge in [-0.2, -0.15) is 5.10 Å². The largest absolute Gasteiger partial charge is 0.508 e. The molecule has 1 aromatic carbocycles. The average molecular weight is 188 g/mol. The van der Waals surface area contributed by atoms with Gasteiger partial charge in [0.15, 0.2) is 0 Å². The van der Waals surface area contributed by atoms with E-state index in [4.69, 9.17) is 0 Å². The quantitative estimate of drug-likeness (QED) is 0.759. The molecule has 1 fully saturated rings. The normalized spacial score (nSPS) is 16.3. The van der Waals surface area contributed by atoms with Crippen LogP contribution in [0.5, 0.6) is 5.75 Å². The van der Waals surface area contributed by atoms with E-state index in [2.05, 4.69) is 10.2 Å². The first-order valence-corrected chi connectivity index (χ1v) is 4.99. The van der Waals surface area contributed by atoms with Crippen LogP contribution < -0.4 is 0 Å². The van der Waals surface area contributed by atoms with Crippen molar-refractivity contribution in [2.24, 2.45) is 5.92 Å². The van der Waals surface area contributed by atoms with E-state index in [1.165, 1.54) is 18.5 Å². The van der Waals surface area contributed by atoms with E-state index in [0.29, 0.717) is 5.75 Å². The Bertz CT molecular complexity index is 471. The molecule has 3 rings (SSSR count). The number of aromatic amines is 1. The van der Waals surface area contributed by atoms with Gasteiger partial charge in [-0.25, -0.2) is 0 Å². The smallest absolute Gasteiger partial charge is 0.116 e. The first kappa shape index (κ1) is 7.85. The lowest BCUT2D eigenvalue weighted by Crippen LogP contribution is -1.87. The fourth-order valence-electron chi connectivity index (χ4n) is 1.82. The molecule has 1 heterocycles. The fraction of sp³-hybridized carbons (Fsp3) is 0.364. The molecule has 3 nitrogen and oxygen atoms in total. The van der Waals surface area contributed by atoms with E-state index < -0.39 is 0 Å². The average Bonchev–Trinajstić information content (AvgIpc) is 2.90. The van der Waals surface area contributed by atoms with Gasteiger partial charge < -0.3 is 5.11 Å². The van der Waals surface area contributed by atoms with Crippen LogP contribution in [-0.2, 0) is 6.42 Å². The molecule has 0 amide bonds. The molecule has 0 atom stereocenters. The zero-order valence-electron chi connectivity index (χ0n) is 7.83. The number of phenolic OH excluding ortho intramolecular Hbond substituents is 1. The number of nitrogens with one attached hydrogen (secondary N) is 1. The molecule has 1 aliphatic carbocycles. The monoisotopic (exact) mass is 188 g/mol. The molecule has 14 heavy (non-hydrogen) atoms. The fourth-order valence-corrected chi connectivity index (χ4v) is 1.82. The van der Waals surface area contributed by atoms with Gasteiger partial charge in [-0.1, -0.05) is 0 Å². The van der Waals surface area contributed by atoms with Crippen LogP contribution >= 0.6 is 0 Å². The molecule has 3 heteroatoms. The molecular formula is C11H12N2O. The number of hydrogen-bond acceptors (Lipinski definition) is 2. The minimum absolute atomic E-state index is 0.316. The van der Waals surface area contributed by atoms with Crippen LogP contribution in [0.1, 0.15) is 18.5 Å². The molecule has 0 saturated heterocycles. The van der Waals surface area contributed by atoms with Crippen molar-refractivity contribution in [3.8, 4) is 5.75 Å². The van der Waals surface area contributed by atoms with Crippen molar-refractivity contribution in [3.63, 3.8) is 0 Å². The molecule has 0 aliphatic heterocycles. The Labute approximate surface area is 81.8 Å². The van der Waals surface area contributed by atoms with Crippen LogP contribution in [0.15, 0.2) is 18.2 Å². The molecule has 0 spiro atoms. The van der Waals surface area contributed by atoms with Gasteiger partial charge in [0.1, 0.15) is 5.75 Å². The molecule has 0 bridgehead atoms. The molecule has 1 saturated carbocycles. The molecule has 72 valence electrons. The number of benzene rings is 1. The van der Waals surface area contributed by atoms with E-state index in [0.717, 1.165) is 23.2 Å². The molecule has 2 aromatic rings. The van der Waals surface area contributed by atoms with Crippen LogP contribution in [0, 0.1) is 5.92 Å². The van der Waals surface area contributed by atoms with Gasteiger partial charge in [0.2, 0.25) is 0 Å². The SMILES string of the molecule is Oc1ccc2n[nH]c(CC3CC3)c2c1. The molecule has 2 N–H and O–H groups in total. The zero-order valence-corrected chi connectivity index (χ0v) is 7.83. The second-order valence-electron chi connectivity index (χ2n) is 4.05. The van der Waals surface area contributed by atoms with Crippen molar-refractivity contribution in [1.29, 1.82) is 0 Å². The van der Waals surface area contributed by atoms with E-state index >= 15 is 0 Å². The zero-order chi connectivity index (χ0) is 9.54. The molecule has 1 aliphatic rings. The van der Waals surface area contributed by atoms with Gasteiger partial charge in [-0.15, -0.1) is 0 Å². The predicted octanol–water partition coefficient (Wildman–Crippen LogP) is 2.22. The summed E-state index contributed by atoms with van der Waals surface area (Å²) < 4.78 is 0. The summed E-state index contributed by atoms with van der Waals surface area (Å²) in [5, 5.41) is 17.7. The summed E-state index contributed by atoms with van der Waals surface area (Å²) in [7, 11) is 0. The summed E-state index contributed by atoms with van der Waals surface area (Å²) in [6.45, 7) is 0. The molecule has 1 aromatic heterocycles. The first-order chi connectivity index (χ1) is 6.83. The number of nitrogens with zero attached hydrogens (tertiary/aromatic N) is 1. The highest BCUT2D eigenvalue weighted by molar-refractivity contribution is 5.82. The van der Waals surface area contributed by atoms with Gasteiger partial charge in [-0.3, -0.25) is 5.10 Å². The third-order valence-electron chi connectivity index (χ3n) is 2.81. The lowest BCUT2D eigenvalue weighted by atomic mass is 10.1. The topological polar surface area (TPSA) is 48.9 Å². The van der Waals surface area contributed by atoms with Gasteiger partial charge in [-0.05, 0) is 43.4 Å². The highest BCUT2D eigenvalue weighted by atomic mass is 16.3. The standard InChI is InChI=1S/C11H12N2O/c14-8-3-4-10-9(6-8)11(13-12-10)5-7-1-2-7/h3-4,6-7,14H,1-2,5H2,(H,12,13). The summed E-state index contributed by atoms with van der Waals surface area (Å²) in [5.74, 6) is 1.15. The lowest BCUT2D eigenvalue weighted by molar-refractivity contribution is 0.476. The van der Waals surface area contributed by atoms with E-state index in [9.17, 15) is 5.11 Å². The second-order valence-corrected chi connectivity index (χ2v) is 4.05. The molecule has 0 unspecified atom stereocenters. The molecular weight excluding hydrogens is 176 g/mol. The third kappa shape index (κ3) is 1.25. The van der Waals surface area contributed by atoms with E-state index in [-0.39, 0.29) is 0 Å². The van der Waals surface area contributed by atoms with Crippen molar-refractivity contribution in [1.82, 2.24) is 10.2 Å². The van der Waals surface area contributed by atoms with Crippen molar-refractivity contribution in [3.05, 3.63) is 23.9 Å². The number of rotatable bonds is 2. The summed E-state index contributed by atoms with van der Waals surface area (Å²) in [6, 6.07) is 5.30. The Balaban J connectivity index is 2.08. The summed E-state index contributed by atoms with van der Waals surface area (Å²) in [6.07, 6.45) is 3.73. The number of aromatic nitrogens is 2. The highest BCUT2D eigenvalue weighted by Crippen LogP contribution is 2.34. The minimum atomic E-state index is 0.316. The van der Waals surface area contributed by atoms with Crippen molar-refractivity contribution in [2.75, 3.05) is 0 Å². The Kier molecular flexibility index (Phi) is 1.54. The van der Waals surface area contributed by atoms with Gasteiger partial charge >= 0.3 is 0 Å². The van der Waals surface area contributed by atoms with Crippen molar-refractivity contribution < 1.29 is 5.11 Å². The van der Waals surface area contributed by atoms with Crippen LogP contribution in [0.3, 0.4) is 0 Å². The number of aromatic hydroxyl groups is 1. The number of H-pyrrole nitrogens is 1.